The van der Waals surface area contributed by atoms with Crippen LogP contribution in [0.15, 0.2) is 18.2 Å². The van der Waals surface area contributed by atoms with Gasteiger partial charge in [0.15, 0.2) is 0 Å². The number of carbonyl (C=O) groups excluding carboxylic acids is 2. The summed E-state index contributed by atoms with van der Waals surface area (Å²) in [5.41, 5.74) is 0.0697. The second kappa shape index (κ2) is 6.24. The van der Waals surface area contributed by atoms with E-state index in [1.54, 1.807) is 17.0 Å². The lowest BCUT2D eigenvalue weighted by Gasteiger charge is -2.45. The fraction of sp³-hybridized carbons (Fsp3) is 0.467. The molecule has 1 N–H and O–H groups in total. The van der Waals surface area contributed by atoms with E-state index in [1.807, 2.05) is 19.9 Å². The fourth-order valence-electron chi connectivity index (χ4n) is 2.79. The minimum Gasteiger partial charge on any atom is -0.345 e. The monoisotopic (exact) mass is 328 g/mol. The van der Waals surface area contributed by atoms with Crippen LogP contribution >= 0.6 is 23.2 Å². The van der Waals surface area contributed by atoms with Crippen LogP contribution in [-0.4, -0.2) is 28.8 Å². The van der Waals surface area contributed by atoms with Crippen LogP contribution in [0.4, 0.5) is 0 Å². The quantitative estimate of drug-likeness (QED) is 0.923. The highest BCUT2D eigenvalue weighted by Crippen LogP contribution is 2.30. The van der Waals surface area contributed by atoms with Gasteiger partial charge in [-0.3, -0.25) is 9.59 Å². The number of nitrogens with one attached hydrogen (secondary N) is 1. The Morgan fingerprint density at radius 3 is 2.43 bits per heavy atom. The molecular formula is C15H18Cl2N2O2. The Labute approximate surface area is 134 Å². The lowest BCUT2D eigenvalue weighted by Crippen LogP contribution is -2.66. The molecule has 114 valence electrons. The van der Waals surface area contributed by atoms with Gasteiger partial charge in [0.1, 0.15) is 5.54 Å². The average Bonchev–Trinajstić information content (AvgIpc) is 2.48. The van der Waals surface area contributed by atoms with E-state index in [0.29, 0.717) is 29.4 Å². The fourth-order valence-corrected chi connectivity index (χ4v) is 3.11. The summed E-state index contributed by atoms with van der Waals surface area (Å²) in [5.74, 6) is -0.170. The number of amides is 2. The Bertz CT molecular complexity index is 571. The number of rotatable bonds is 4. The van der Waals surface area contributed by atoms with Crippen LogP contribution in [0.3, 0.4) is 0 Å². The number of nitrogens with zero attached hydrogens (tertiary/aromatic N) is 1. The third-order valence-electron chi connectivity index (χ3n) is 4.14. The van der Waals surface area contributed by atoms with Crippen LogP contribution < -0.4 is 5.32 Å². The summed E-state index contributed by atoms with van der Waals surface area (Å²) in [7, 11) is 0. The van der Waals surface area contributed by atoms with Gasteiger partial charge in [-0.15, -0.1) is 0 Å². The molecule has 0 aromatic heterocycles. The molecule has 1 aliphatic heterocycles. The van der Waals surface area contributed by atoms with Crippen LogP contribution in [0.2, 0.25) is 10.0 Å². The molecule has 1 heterocycles. The molecular weight excluding hydrogens is 311 g/mol. The average molecular weight is 329 g/mol. The first-order chi connectivity index (χ1) is 9.94. The van der Waals surface area contributed by atoms with Crippen molar-refractivity contribution in [3.05, 3.63) is 33.8 Å². The zero-order chi connectivity index (χ0) is 15.6. The molecule has 0 aliphatic carbocycles. The van der Waals surface area contributed by atoms with Crippen LogP contribution in [-0.2, 0) is 16.1 Å². The number of hydrogen-bond donors (Lipinski definition) is 1. The predicted octanol–water partition coefficient (Wildman–Crippen LogP) is 3.01. The highest BCUT2D eigenvalue weighted by atomic mass is 35.5. The lowest BCUT2D eigenvalue weighted by molar-refractivity contribution is -0.155. The van der Waals surface area contributed by atoms with Gasteiger partial charge in [0.05, 0.1) is 16.6 Å². The number of carbonyl (C=O) groups is 2. The maximum Gasteiger partial charge on any atom is 0.246 e. The number of piperazine rings is 1. The number of hydrogen-bond acceptors (Lipinski definition) is 2. The Kier molecular flexibility index (Phi) is 4.79. The van der Waals surface area contributed by atoms with E-state index in [0.717, 1.165) is 5.56 Å². The molecule has 0 spiro atoms. The Hall–Kier alpha value is -1.26. The van der Waals surface area contributed by atoms with Crippen molar-refractivity contribution in [2.75, 3.05) is 6.54 Å². The van der Waals surface area contributed by atoms with Crippen molar-refractivity contribution in [1.29, 1.82) is 0 Å². The standard InChI is InChI=1S/C15H18Cl2N2O2/c1-3-15(4-2)14(21)18-8-13(20)19(15)9-10-5-6-11(16)12(17)7-10/h5-7H,3-4,8-9H2,1-2H3,(H,18,21). The molecule has 6 heteroatoms. The third-order valence-corrected chi connectivity index (χ3v) is 4.87. The molecule has 0 unspecified atom stereocenters. The minimum absolute atomic E-state index is 0.0436. The molecule has 21 heavy (non-hydrogen) atoms. The maximum atomic E-state index is 12.3. The van der Waals surface area contributed by atoms with Gasteiger partial charge in [-0.1, -0.05) is 43.1 Å². The summed E-state index contributed by atoms with van der Waals surface area (Å²) in [6.07, 6.45) is 1.14. The number of halogens is 2. The summed E-state index contributed by atoms with van der Waals surface area (Å²) in [4.78, 5) is 26.2. The zero-order valence-corrected chi connectivity index (χ0v) is 13.6. The van der Waals surface area contributed by atoms with Gasteiger partial charge in [0.2, 0.25) is 11.8 Å². The van der Waals surface area contributed by atoms with E-state index in [2.05, 4.69) is 5.32 Å². The van der Waals surface area contributed by atoms with Crippen molar-refractivity contribution in [3.8, 4) is 0 Å². The summed E-state index contributed by atoms with van der Waals surface area (Å²) in [6, 6.07) is 5.26. The lowest BCUT2D eigenvalue weighted by atomic mass is 9.87. The van der Waals surface area contributed by atoms with Crippen molar-refractivity contribution >= 4 is 35.0 Å². The molecule has 2 amide bonds. The van der Waals surface area contributed by atoms with Gasteiger partial charge < -0.3 is 10.2 Å². The Morgan fingerprint density at radius 2 is 1.86 bits per heavy atom. The van der Waals surface area contributed by atoms with Crippen LogP contribution in [0.25, 0.3) is 0 Å². The normalized spacial score (nSPS) is 17.8. The Morgan fingerprint density at radius 1 is 1.19 bits per heavy atom. The first kappa shape index (κ1) is 16.1. The van der Waals surface area contributed by atoms with Crippen LogP contribution in [0, 0.1) is 0 Å². The van der Waals surface area contributed by atoms with E-state index in [1.165, 1.54) is 0 Å². The highest BCUT2D eigenvalue weighted by Gasteiger charge is 2.46. The van der Waals surface area contributed by atoms with E-state index < -0.39 is 5.54 Å². The molecule has 1 aromatic carbocycles. The van der Waals surface area contributed by atoms with Crippen molar-refractivity contribution in [1.82, 2.24) is 10.2 Å². The topological polar surface area (TPSA) is 49.4 Å². The van der Waals surface area contributed by atoms with Gasteiger partial charge in [-0.2, -0.15) is 0 Å². The maximum absolute atomic E-state index is 12.3. The second-order valence-corrected chi connectivity index (χ2v) is 5.96. The van der Waals surface area contributed by atoms with E-state index in [9.17, 15) is 9.59 Å². The largest absolute Gasteiger partial charge is 0.345 e. The second-order valence-electron chi connectivity index (χ2n) is 5.15. The molecule has 1 fully saturated rings. The van der Waals surface area contributed by atoms with E-state index >= 15 is 0 Å². The molecule has 0 radical (unpaired) electrons. The first-order valence-corrected chi connectivity index (χ1v) is 7.73. The van der Waals surface area contributed by atoms with Gasteiger partial charge >= 0.3 is 0 Å². The van der Waals surface area contributed by atoms with Crippen molar-refractivity contribution in [2.45, 2.75) is 38.8 Å². The van der Waals surface area contributed by atoms with E-state index in [4.69, 9.17) is 23.2 Å². The summed E-state index contributed by atoms with van der Waals surface area (Å²) in [6.45, 7) is 4.24. The number of benzene rings is 1. The van der Waals surface area contributed by atoms with Crippen molar-refractivity contribution in [2.24, 2.45) is 0 Å². The van der Waals surface area contributed by atoms with Crippen LogP contribution in [0.5, 0.6) is 0 Å². The van der Waals surface area contributed by atoms with Crippen molar-refractivity contribution < 1.29 is 9.59 Å². The molecule has 2 rings (SSSR count). The highest BCUT2D eigenvalue weighted by molar-refractivity contribution is 6.42. The first-order valence-electron chi connectivity index (χ1n) is 6.97. The van der Waals surface area contributed by atoms with Gasteiger partial charge in [0, 0.05) is 6.54 Å². The summed E-state index contributed by atoms with van der Waals surface area (Å²) < 4.78 is 0. The molecule has 0 bridgehead atoms. The van der Waals surface area contributed by atoms with Gasteiger partial charge in [-0.05, 0) is 30.5 Å². The van der Waals surface area contributed by atoms with E-state index in [-0.39, 0.29) is 18.4 Å². The molecule has 1 aromatic rings. The smallest absolute Gasteiger partial charge is 0.246 e. The molecule has 1 saturated heterocycles. The molecule has 4 nitrogen and oxygen atoms in total. The van der Waals surface area contributed by atoms with Gasteiger partial charge in [0.25, 0.3) is 0 Å². The molecule has 1 aliphatic rings. The Balaban J connectivity index is 2.35. The zero-order valence-electron chi connectivity index (χ0n) is 12.1. The van der Waals surface area contributed by atoms with Gasteiger partial charge in [-0.25, -0.2) is 0 Å². The molecule has 0 saturated carbocycles. The molecule has 0 atom stereocenters. The third kappa shape index (κ3) is 2.87. The summed E-state index contributed by atoms with van der Waals surface area (Å²) >= 11 is 11.9. The van der Waals surface area contributed by atoms with Crippen LogP contribution in [0.1, 0.15) is 32.3 Å². The van der Waals surface area contributed by atoms with Crippen molar-refractivity contribution in [3.63, 3.8) is 0 Å². The predicted molar refractivity (Wildman–Crippen MR) is 83.3 cm³/mol. The SMILES string of the molecule is CCC1(CC)C(=O)NCC(=O)N1Cc1ccc(Cl)c(Cl)c1. The summed E-state index contributed by atoms with van der Waals surface area (Å²) in [5, 5.41) is 3.60. The minimum atomic E-state index is -0.790.